The van der Waals surface area contributed by atoms with Crippen LogP contribution in [0.25, 0.3) is 0 Å². The zero-order valence-corrected chi connectivity index (χ0v) is 13.4. The van der Waals surface area contributed by atoms with Crippen LogP contribution >= 0.6 is 11.8 Å². The molecule has 0 radical (unpaired) electrons. The van der Waals surface area contributed by atoms with Crippen molar-refractivity contribution in [2.24, 2.45) is 0 Å². The third kappa shape index (κ3) is 5.05. The van der Waals surface area contributed by atoms with Gasteiger partial charge in [0.15, 0.2) is 0 Å². The highest BCUT2D eigenvalue weighted by Crippen LogP contribution is 2.28. The Morgan fingerprint density at radius 2 is 1.79 bits per heavy atom. The second-order valence-corrected chi connectivity index (χ2v) is 6.64. The van der Waals surface area contributed by atoms with Gasteiger partial charge in [-0.25, -0.2) is 4.79 Å². The van der Waals surface area contributed by atoms with Crippen molar-refractivity contribution >= 4 is 23.6 Å². The standard InChI is InChI=1S/C15H16F3NO4S/c16-15(17,18)23-11-3-1-10(2-4-11)9-12(20)19-14(13(21)22)5-7-24-8-6-14/h1-4H,5-9H2,(H,19,20)(H,21,22). The molecule has 1 aromatic carbocycles. The van der Waals surface area contributed by atoms with E-state index in [1.807, 2.05) is 0 Å². The molecule has 2 N–H and O–H groups in total. The van der Waals surface area contributed by atoms with Crippen LogP contribution in [0.5, 0.6) is 5.75 Å². The summed E-state index contributed by atoms with van der Waals surface area (Å²) in [5, 5.41) is 12.0. The van der Waals surface area contributed by atoms with Crippen LogP contribution in [0.15, 0.2) is 24.3 Å². The molecule has 1 aromatic rings. The third-order valence-electron chi connectivity index (χ3n) is 3.66. The summed E-state index contributed by atoms with van der Waals surface area (Å²) in [6, 6.07) is 4.90. The fourth-order valence-electron chi connectivity index (χ4n) is 2.42. The first kappa shape index (κ1) is 18.4. The first-order valence-electron chi connectivity index (χ1n) is 7.17. The van der Waals surface area contributed by atoms with Crippen molar-refractivity contribution in [3.05, 3.63) is 29.8 Å². The molecule has 0 aliphatic carbocycles. The van der Waals surface area contributed by atoms with Crippen molar-refractivity contribution in [1.29, 1.82) is 0 Å². The van der Waals surface area contributed by atoms with Gasteiger partial charge >= 0.3 is 12.3 Å². The number of rotatable bonds is 5. The number of carbonyl (C=O) groups excluding carboxylic acids is 1. The van der Waals surface area contributed by atoms with Crippen LogP contribution in [0.4, 0.5) is 13.2 Å². The monoisotopic (exact) mass is 363 g/mol. The molecule has 0 atom stereocenters. The fourth-order valence-corrected chi connectivity index (χ4v) is 3.61. The molecule has 132 valence electrons. The Balaban J connectivity index is 1.97. The second-order valence-electron chi connectivity index (χ2n) is 5.42. The van der Waals surface area contributed by atoms with E-state index in [4.69, 9.17) is 0 Å². The lowest BCUT2D eigenvalue weighted by atomic mass is 9.92. The Hall–Kier alpha value is -1.90. The zero-order valence-electron chi connectivity index (χ0n) is 12.6. The maximum absolute atomic E-state index is 12.1. The molecule has 0 bridgehead atoms. The summed E-state index contributed by atoms with van der Waals surface area (Å²) in [5.74, 6) is -0.622. The number of halogens is 3. The molecular formula is C15H16F3NO4S. The van der Waals surface area contributed by atoms with Gasteiger partial charge in [0.05, 0.1) is 6.42 Å². The highest BCUT2D eigenvalue weighted by atomic mass is 32.2. The molecule has 0 saturated carbocycles. The number of hydrogen-bond acceptors (Lipinski definition) is 4. The van der Waals surface area contributed by atoms with Crippen molar-refractivity contribution < 1.29 is 32.6 Å². The van der Waals surface area contributed by atoms with Crippen molar-refractivity contribution in [1.82, 2.24) is 5.32 Å². The van der Waals surface area contributed by atoms with Crippen molar-refractivity contribution in [3.8, 4) is 5.75 Å². The number of amides is 1. The van der Waals surface area contributed by atoms with E-state index in [0.717, 1.165) is 12.1 Å². The van der Waals surface area contributed by atoms with E-state index in [0.29, 0.717) is 29.9 Å². The first-order chi connectivity index (χ1) is 11.2. The van der Waals surface area contributed by atoms with E-state index >= 15 is 0 Å². The second kappa shape index (κ2) is 7.33. The molecule has 1 heterocycles. The van der Waals surface area contributed by atoms with E-state index in [-0.39, 0.29) is 12.2 Å². The summed E-state index contributed by atoms with van der Waals surface area (Å²) < 4.78 is 40.0. The smallest absolute Gasteiger partial charge is 0.480 e. The molecule has 1 aliphatic rings. The molecule has 2 rings (SSSR count). The van der Waals surface area contributed by atoms with Crippen LogP contribution < -0.4 is 10.1 Å². The number of carboxylic acids is 1. The topological polar surface area (TPSA) is 75.6 Å². The van der Waals surface area contributed by atoms with Crippen molar-refractivity contribution in [3.63, 3.8) is 0 Å². The third-order valence-corrected chi connectivity index (χ3v) is 4.64. The van der Waals surface area contributed by atoms with Crippen LogP contribution in [0, 0.1) is 0 Å². The minimum atomic E-state index is -4.77. The van der Waals surface area contributed by atoms with Crippen LogP contribution in [0.1, 0.15) is 18.4 Å². The number of nitrogens with one attached hydrogen (secondary N) is 1. The Morgan fingerprint density at radius 1 is 1.21 bits per heavy atom. The number of hydrogen-bond donors (Lipinski definition) is 2. The van der Waals surface area contributed by atoms with Gasteiger partial charge in [-0.15, -0.1) is 13.2 Å². The largest absolute Gasteiger partial charge is 0.573 e. The first-order valence-corrected chi connectivity index (χ1v) is 8.32. The van der Waals surface area contributed by atoms with Gasteiger partial charge in [-0.05, 0) is 42.0 Å². The summed E-state index contributed by atoms with van der Waals surface area (Å²) >= 11 is 1.63. The Morgan fingerprint density at radius 3 is 2.29 bits per heavy atom. The van der Waals surface area contributed by atoms with Gasteiger partial charge in [-0.3, -0.25) is 4.79 Å². The molecule has 9 heteroatoms. The van der Waals surface area contributed by atoms with Gasteiger partial charge in [0.1, 0.15) is 11.3 Å². The lowest BCUT2D eigenvalue weighted by Gasteiger charge is -2.33. The van der Waals surface area contributed by atoms with Crippen LogP contribution in [0.2, 0.25) is 0 Å². The fraction of sp³-hybridized carbons (Fsp3) is 0.467. The van der Waals surface area contributed by atoms with Crippen molar-refractivity contribution in [2.75, 3.05) is 11.5 Å². The molecule has 1 fully saturated rings. The molecule has 1 saturated heterocycles. The highest BCUT2D eigenvalue weighted by molar-refractivity contribution is 7.99. The minimum Gasteiger partial charge on any atom is -0.480 e. The van der Waals surface area contributed by atoms with E-state index in [9.17, 15) is 27.9 Å². The van der Waals surface area contributed by atoms with E-state index in [2.05, 4.69) is 10.1 Å². The maximum Gasteiger partial charge on any atom is 0.573 e. The lowest BCUT2D eigenvalue weighted by molar-refractivity contribution is -0.274. The summed E-state index contributed by atoms with van der Waals surface area (Å²) in [4.78, 5) is 23.6. The Labute approximate surface area is 140 Å². The Kier molecular flexibility index (Phi) is 5.63. The highest BCUT2D eigenvalue weighted by Gasteiger charge is 2.41. The quantitative estimate of drug-likeness (QED) is 0.841. The summed E-state index contributed by atoms with van der Waals surface area (Å²) in [6.07, 6.45) is -4.20. The van der Waals surface area contributed by atoms with E-state index in [1.165, 1.54) is 12.1 Å². The number of carbonyl (C=O) groups is 2. The van der Waals surface area contributed by atoms with Gasteiger partial charge in [0.25, 0.3) is 0 Å². The molecular weight excluding hydrogens is 347 g/mol. The van der Waals surface area contributed by atoms with E-state index < -0.39 is 23.8 Å². The molecule has 1 amide bonds. The number of carboxylic acid groups (broad SMARTS) is 1. The zero-order chi connectivity index (χ0) is 17.8. The predicted molar refractivity (Wildman–Crippen MR) is 81.9 cm³/mol. The summed E-state index contributed by atoms with van der Waals surface area (Å²) in [7, 11) is 0. The molecule has 0 unspecified atom stereocenters. The normalized spacial score (nSPS) is 17.1. The SMILES string of the molecule is O=C(Cc1ccc(OC(F)(F)F)cc1)NC1(C(=O)O)CCSCC1. The number of alkyl halides is 3. The Bertz CT molecular complexity index is 598. The minimum absolute atomic E-state index is 0.117. The number of aliphatic carboxylic acids is 1. The van der Waals surface area contributed by atoms with Gasteiger partial charge in [0, 0.05) is 0 Å². The average Bonchev–Trinajstić information content (AvgIpc) is 2.48. The number of benzene rings is 1. The van der Waals surface area contributed by atoms with Gasteiger partial charge in [-0.1, -0.05) is 12.1 Å². The maximum atomic E-state index is 12.1. The summed E-state index contributed by atoms with van der Waals surface area (Å²) in [6.45, 7) is 0. The van der Waals surface area contributed by atoms with Crippen LogP contribution in [-0.2, 0) is 16.0 Å². The van der Waals surface area contributed by atoms with Gasteiger partial charge in [0.2, 0.25) is 5.91 Å². The van der Waals surface area contributed by atoms with E-state index in [1.54, 1.807) is 11.8 Å². The van der Waals surface area contributed by atoms with Crippen molar-refractivity contribution in [2.45, 2.75) is 31.2 Å². The molecule has 24 heavy (non-hydrogen) atoms. The number of thioether (sulfide) groups is 1. The van der Waals surface area contributed by atoms with Crippen LogP contribution in [-0.4, -0.2) is 40.4 Å². The van der Waals surface area contributed by atoms with Crippen LogP contribution in [0.3, 0.4) is 0 Å². The van der Waals surface area contributed by atoms with Gasteiger partial charge < -0.3 is 15.2 Å². The lowest BCUT2D eigenvalue weighted by Crippen LogP contribution is -2.56. The molecule has 0 aromatic heterocycles. The molecule has 5 nitrogen and oxygen atoms in total. The number of ether oxygens (including phenoxy) is 1. The van der Waals surface area contributed by atoms with Gasteiger partial charge in [-0.2, -0.15) is 11.8 Å². The average molecular weight is 363 g/mol. The molecule has 1 aliphatic heterocycles. The summed E-state index contributed by atoms with van der Waals surface area (Å²) in [5.41, 5.74) is -0.797. The predicted octanol–water partition coefficient (Wildman–Crippen LogP) is 2.59. The molecule has 0 spiro atoms.